The van der Waals surface area contributed by atoms with E-state index in [1.165, 1.54) is 6.20 Å². The Bertz CT molecular complexity index is 1050. The Hall–Kier alpha value is -2.97. The summed E-state index contributed by atoms with van der Waals surface area (Å²) in [4.78, 5) is 22.8. The Morgan fingerprint density at radius 1 is 1.28 bits per heavy atom. The van der Waals surface area contributed by atoms with E-state index in [-0.39, 0.29) is 17.5 Å². The Morgan fingerprint density at radius 2 is 2.07 bits per heavy atom. The minimum atomic E-state index is -4.56. The van der Waals surface area contributed by atoms with Crippen molar-refractivity contribution in [3.8, 4) is 0 Å². The Labute approximate surface area is 165 Å². The number of likely N-dealkylation sites (tertiary alicyclic amines) is 1. The molecule has 1 atom stereocenters. The molecule has 1 saturated heterocycles. The number of halogens is 3. The zero-order valence-electron chi connectivity index (χ0n) is 16.0. The van der Waals surface area contributed by atoms with Crippen LogP contribution in [0, 0.1) is 0 Å². The van der Waals surface area contributed by atoms with Crippen LogP contribution in [0.1, 0.15) is 66.1 Å². The summed E-state index contributed by atoms with van der Waals surface area (Å²) in [6, 6.07) is 5.55. The van der Waals surface area contributed by atoms with E-state index in [0.717, 1.165) is 17.0 Å². The maximum Gasteiger partial charge on any atom is 0.433 e. The molecule has 1 aliphatic heterocycles. The zero-order valence-corrected chi connectivity index (χ0v) is 16.0. The second kappa shape index (κ2) is 7.13. The molecule has 0 N–H and O–H groups in total. The first-order chi connectivity index (χ1) is 13.8. The van der Waals surface area contributed by atoms with Crippen molar-refractivity contribution in [3.05, 3.63) is 59.3 Å². The summed E-state index contributed by atoms with van der Waals surface area (Å²) in [6.07, 6.45) is -0.110. The van der Waals surface area contributed by atoms with Gasteiger partial charge in [-0.25, -0.2) is 9.50 Å². The van der Waals surface area contributed by atoms with E-state index < -0.39 is 17.9 Å². The van der Waals surface area contributed by atoms with Crippen molar-refractivity contribution in [1.29, 1.82) is 0 Å². The second-order valence-corrected chi connectivity index (χ2v) is 7.46. The standard InChI is InChI=1S/C20H20F3N5O/c1-12(2)14-9-17(20(21,22)23)28-18(25-14)10-15(26-28)16-6-4-8-27(16)19(29)13-5-3-7-24-11-13/h3,5,7,9-12,16H,4,6,8H2,1-2H3. The molecule has 4 rings (SSSR count). The van der Waals surface area contributed by atoms with E-state index >= 15 is 0 Å². The third-order valence-electron chi connectivity index (χ3n) is 5.11. The first kappa shape index (κ1) is 19.4. The number of carbonyl (C=O) groups is 1. The number of aromatic nitrogens is 4. The number of carbonyl (C=O) groups excluding carboxylic acids is 1. The van der Waals surface area contributed by atoms with Gasteiger partial charge < -0.3 is 4.90 Å². The van der Waals surface area contributed by atoms with Gasteiger partial charge in [-0.15, -0.1) is 0 Å². The number of rotatable bonds is 3. The van der Waals surface area contributed by atoms with Crippen LogP contribution in [0.4, 0.5) is 13.2 Å². The normalized spacial score (nSPS) is 17.4. The summed E-state index contributed by atoms with van der Waals surface area (Å²) in [5.41, 5.74) is 0.490. The van der Waals surface area contributed by atoms with Crippen molar-refractivity contribution >= 4 is 11.6 Å². The molecule has 0 aliphatic carbocycles. The molecule has 1 unspecified atom stereocenters. The van der Waals surface area contributed by atoms with Crippen LogP contribution in [0.3, 0.4) is 0 Å². The molecular formula is C20H20F3N5O. The third kappa shape index (κ3) is 3.56. The van der Waals surface area contributed by atoms with Gasteiger partial charge in [0.25, 0.3) is 5.91 Å². The average molecular weight is 403 g/mol. The number of nitrogens with zero attached hydrogens (tertiary/aromatic N) is 5. The summed E-state index contributed by atoms with van der Waals surface area (Å²) < 4.78 is 41.7. The SMILES string of the molecule is CC(C)c1cc(C(F)(F)F)n2nc(C3CCCN3C(=O)c3cccnc3)cc2n1. The molecule has 0 radical (unpaired) electrons. The molecule has 152 valence electrons. The van der Waals surface area contributed by atoms with Gasteiger partial charge in [-0.05, 0) is 37.0 Å². The molecule has 0 bridgehead atoms. The van der Waals surface area contributed by atoms with Gasteiger partial charge in [0, 0.05) is 30.7 Å². The lowest BCUT2D eigenvalue weighted by Crippen LogP contribution is -2.30. The molecule has 3 aromatic heterocycles. The lowest BCUT2D eigenvalue weighted by molar-refractivity contribution is -0.142. The van der Waals surface area contributed by atoms with E-state index in [4.69, 9.17) is 0 Å². The second-order valence-electron chi connectivity index (χ2n) is 7.46. The highest BCUT2D eigenvalue weighted by atomic mass is 19.4. The quantitative estimate of drug-likeness (QED) is 0.656. The van der Waals surface area contributed by atoms with Gasteiger partial charge >= 0.3 is 6.18 Å². The Balaban J connectivity index is 1.76. The fourth-order valence-electron chi connectivity index (χ4n) is 3.64. The molecule has 9 heteroatoms. The lowest BCUT2D eigenvalue weighted by Gasteiger charge is -2.23. The maximum absolute atomic E-state index is 13.6. The van der Waals surface area contributed by atoms with Crippen LogP contribution in [0.2, 0.25) is 0 Å². The van der Waals surface area contributed by atoms with Crippen LogP contribution in [0.15, 0.2) is 36.7 Å². The number of alkyl halides is 3. The predicted molar refractivity (Wildman–Crippen MR) is 99.3 cm³/mol. The average Bonchev–Trinajstić information content (AvgIpc) is 3.32. The number of pyridine rings is 1. The first-order valence-corrected chi connectivity index (χ1v) is 9.44. The summed E-state index contributed by atoms with van der Waals surface area (Å²) in [6.45, 7) is 4.10. The molecule has 1 fully saturated rings. The van der Waals surface area contributed by atoms with Crippen molar-refractivity contribution in [3.63, 3.8) is 0 Å². The summed E-state index contributed by atoms with van der Waals surface area (Å²) >= 11 is 0. The first-order valence-electron chi connectivity index (χ1n) is 9.44. The maximum atomic E-state index is 13.6. The molecule has 3 aromatic rings. The van der Waals surface area contributed by atoms with Gasteiger partial charge in [0.2, 0.25) is 0 Å². The molecule has 0 aromatic carbocycles. The topological polar surface area (TPSA) is 63.4 Å². The summed E-state index contributed by atoms with van der Waals surface area (Å²) in [7, 11) is 0. The summed E-state index contributed by atoms with van der Waals surface area (Å²) in [5.74, 6) is -0.362. The highest BCUT2D eigenvalue weighted by molar-refractivity contribution is 5.94. The Kier molecular flexibility index (Phi) is 4.76. The summed E-state index contributed by atoms with van der Waals surface area (Å²) in [5, 5.41) is 4.21. The minimum absolute atomic E-state index is 0.138. The third-order valence-corrected chi connectivity index (χ3v) is 5.11. The monoisotopic (exact) mass is 403 g/mol. The number of hydrogen-bond donors (Lipinski definition) is 0. The number of hydrogen-bond acceptors (Lipinski definition) is 4. The van der Waals surface area contributed by atoms with Crippen molar-refractivity contribution in [1.82, 2.24) is 24.5 Å². The Morgan fingerprint density at radius 3 is 2.72 bits per heavy atom. The van der Waals surface area contributed by atoms with Gasteiger partial charge in [0.1, 0.15) is 5.69 Å². The van der Waals surface area contributed by atoms with Crippen LogP contribution in [-0.4, -0.2) is 36.9 Å². The fourth-order valence-corrected chi connectivity index (χ4v) is 3.64. The zero-order chi connectivity index (χ0) is 20.8. The predicted octanol–water partition coefficient (Wildman–Crippen LogP) is 4.24. The van der Waals surface area contributed by atoms with Crippen molar-refractivity contribution in [2.75, 3.05) is 6.54 Å². The van der Waals surface area contributed by atoms with E-state index in [9.17, 15) is 18.0 Å². The molecular weight excluding hydrogens is 383 g/mol. The molecule has 0 saturated carbocycles. The molecule has 1 amide bonds. The minimum Gasteiger partial charge on any atom is -0.330 e. The van der Waals surface area contributed by atoms with Crippen molar-refractivity contribution in [2.24, 2.45) is 0 Å². The van der Waals surface area contributed by atoms with E-state index in [0.29, 0.717) is 29.9 Å². The molecule has 1 aliphatic rings. The van der Waals surface area contributed by atoms with E-state index in [1.54, 1.807) is 43.1 Å². The van der Waals surface area contributed by atoms with Gasteiger partial charge in [-0.2, -0.15) is 18.3 Å². The van der Waals surface area contributed by atoms with E-state index in [2.05, 4.69) is 15.1 Å². The van der Waals surface area contributed by atoms with Gasteiger partial charge in [-0.1, -0.05) is 13.8 Å². The van der Waals surface area contributed by atoms with Gasteiger partial charge in [0.15, 0.2) is 5.65 Å². The fraction of sp³-hybridized carbons (Fsp3) is 0.400. The van der Waals surface area contributed by atoms with Crippen molar-refractivity contribution < 1.29 is 18.0 Å². The molecule has 29 heavy (non-hydrogen) atoms. The van der Waals surface area contributed by atoms with E-state index in [1.807, 2.05) is 0 Å². The van der Waals surface area contributed by atoms with Crippen LogP contribution < -0.4 is 0 Å². The largest absolute Gasteiger partial charge is 0.433 e. The van der Waals surface area contributed by atoms with Crippen molar-refractivity contribution in [2.45, 2.75) is 44.8 Å². The lowest BCUT2D eigenvalue weighted by atomic mass is 10.1. The molecule has 4 heterocycles. The van der Waals surface area contributed by atoms with Crippen LogP contribution >= 0.6 is 0 Å². The van der Waals surface area contributed by atoms with Crippen LogP contribution in [0.5, 0.6) is 0 Å². The smallest absolute Gasteiger partial charge is 0.330 e. The van der Waals surface area contributed by atoms with Gasteiger partial charge in [-0.3, -0.25) is 9.78 Å². The van der Waals surface area contributed by atoms with Crippen LogP contribution in [-0.2, 0) is 6.18 Å². The van der Waals surface area contributed by atoms with Crippen LogP contribution in [0.25, 0.3) is 5.65 Å². The highest BCUT2D eigenvalue weighted by Crippen LogP contribution is 2.35. The van der Waals surface area contributed by atoms with Gasteiger partial charge in [0.05, 0.1) is 17.3 Å². The highest BCUT2D eigenvalue weighted by Gasteiger charge is 2.37. The molecule has 0 spiro atoms. The number of amides is 1. The number of fused-ring (bicyclic) bond motifs is 1. The molecule has 6 nitrogen and oxygen atoms in total.